The van der Waals surface area contributed by atoms with Gasteiger partial charge in [-0.15, -0.1) is 0 Å². The maximum absolute atomic E-state index is 11.9. The van der Waals surface area contributed by atoms with E-state index in [4.69, 9.17) is 10.5 Å². The maximum Gasteiger partial charge on any atom is 0.330 e. The first-order valence-corrected chi connectivity index (χ1v) is 7.00. The fraction of sp³-hybridized carbons (Fsp3) is 0.538. The molecule has 0 radical (unpaired) electrons. The van der Waals surface area contributed by atoms with Gasteiger partial charge in [-0.25, -0.2) is 4.79 Å². The minimum atomic E-state index is -0.655. The van der Waals surface area contributed by atoms with Crippen molar-refractivity contribution in [2.24, 2.45) is 5.73 Å². The van der Waals surface area contributed by atoms with Gasteiger partial charge < -0.3 is 15.8 Å². The Morgan fingerprint density at radius 3 is 2.86 bits per heavy atom. The number of amides is 2. The van der Waals surface area contributed by atoms with Crippen molar-refractivity contribution in [1.82, 2.24) is 14.9 Å². The third kappa shape index (κ3) is 4.04. The van der Waals surface area contributed by atoms with E-state index >= 15 is 0 Å². The Morgan fingerprint density at radius 2 is 2.18 bits per heavy atom. The van der Waals surface area contributed by atoms with Gasteiger partial charge in [0.15, 0.2) is 0 Å². The largest absolute Gasteiger partial charge is 0.370 e. The zero-order valence-electron chi connectivity index (χ0n) is 11.9. The molecule has 1 aliphatic heterocycles. The second kappa shape index (κ2) is 7.03. The first-order chi connectivity index (χ1) is 10.5. The first kappa shape index (κ1) is 16.0. The van der Waals surface area contributed by atoms with Gasteiger partial charge in [0.25, 0.3) is 5.56 Å². The Morgan fingerprint density at radius 1 is 1.41 bits per heavy atom. The molecule has 1 fully saturated rings. The van der Waals surface area contributed by atoms with Crippen LogP contribution in [0.1, 0.15) is 31.9 Å². The van der Waals surface area contributed by atoms with Crippen LogP contribution in [0.4, 0.5) is 0 Å². The number of primary amides is 1. The molecule has 1 aliphatic rings. The summed E-state index contributed by atoms with van der Waals surface area (Å²) in [6.45, 7) is 0.338. The van der Waals surface area contributed by atoms with Crippen molar-refractivity contribution in [1.29, 1.82) is 0 Å². The van der Waals surface area contributed by atoms with Gasteiger partial charge in [0.05, 0.1) is 0 Å². The van der Waals surface area contributed by atoms with E-state index in [-0.39, 0.29) is 12.3 Å². The van der Waals surface area contributed by atoms with Crippen LogP contribution in [0.3, 0.4) is 0 Å². The Kier molecular flexibility index (Phi) is 5.10. The van der Waals surface area contributed by atoms with Crippen LogP contribution >= 0.6 is 0 Å². The Bertz CT molecular complexity index is 665. The third-order valence-corrected chi connectivity index (χ3v) is 3.35. The summed E-state index contributed by atoms with van der Waals surface area (Å²) < 4.78 is 6.80. The molecule has 9 nitrogen and oxygen atoms in total. The molecule has 0 aliphatic carbocycles. The van der Waals surface area contributed by atoms with Crippen molar-refractivity contribution in [3.63, 3.8) is 0 Å². The van der Waals surface area contributed by atoms with Crippen molar-refractivity contribution >= 4 is 11.8 Å². The average Bonchev–Trinajstić information content (AvgIpc) is 2.92. The molecule has 22 heavy (non-hydrogen) atoms. The molecule has 0 spiro atoms. The number of nitrogens with one attached hydrogen (secondary N) is 2. The van der Waals surface area contributed by atoms with E-state index in [1.54, 1.807) is 0 Å². The molecule has 2 atom stereocenters. The predicted octanol–water partition coefficient (Wildman–Crippen LogP) is -1.40. The van der Waals surface area contributed by atoms with Crippen LogP contribution in [0.5, 0.6) is 0 Å². The Balaban J connectivity index is 1.87. The lowest BCUT2D eigenvalue weighted by Gasteiger charge is -2.15. The topological polar surface area (TPSA) is 136 Å². The molecule has 4 N–H and O–H groups in total. The van der Waals surface area contributed by atoms with Gasteiger partial charge in [-0.05, 0) is 19.3 Å². The molecule has 1 saturated heterocycles. The molecule has 0 saturated carbocycles. The highest BCUT2D eigenvalue weighted by molar-refractivity contribution is 5.81. The number of carbonyl (C=O) groups excluding carboxylic acids is 2. The summed E-state index contributed by atoms with van der Waals surface area (Å²) in [4.78, 5) is 47.3. The molecular weight excluding hydrogens is 292 g/mol. The summed E-state index contributed by atoms with van der Waals surface area (Å²) in [7, 11) is 0. The van der Waals surface area contributed by atoms with Crippen LogP contribution in [0.25, 0.3) is 0 Å². The van der Waals surface area contributed by atoms with Crippen LogP contribution in [-0.4, -0.2) is 34.0 Å². The lowest BCUT2D eigenvalue weighted by atomic mass is 10.2. The number of ether oxygens (including phenoxy) is 1. The minimum absolute atomic E-state index is 0.210. The zero-order valence-corrected chi connectivity index (χ0v) is 11.9. The second-order valence-corrected chi connectivity index (χ2v) is 5.04. The summed E-state index contributed by atoms with van der Waals surface area (Å²) in [5.74, 6) is -0.701. The van der Waals surface area contributed by atoms with E-state index in [0.29, 0.717) is 25.8 Å². The van der Waals surface area contributed by atoms with E-state index in [1.165, 1.54) is 16.8 Å². The number of rotatable bonds is 6. The normalized spacial score (nSPS) is 20.7. The molecule has 2 heterocycles. The van der Waals surface area contributed by atoms with E-state index in [2.05, 4.69) is 10.3 Å². The van der Waals surface area contributed by atoms with E-state index in [0.717, 1.165) is 0 Å². The molecule has 2 amide bonds. The molecular formula is C13H18N4O5. The lowest BCUT2D eigenvalue weighted by Crippen LogP contribution is -2.36. The highest BCUT2D eigenvalue weighted by Gasteiger charge is 2.31. The highest BCUT2D eigenvalue weighted by atomic mass is 16.5. The zero-order chi connectivity index (χ0) is 16.1. The predicted molar refractivity (Wildman–Crippen MR) is 75.9 cm³/mol. The monoisotopic (exact) mass is 310 g/mol. The van der Waals surface area contributed by atoms with Gasteiger partial charge in [0, 0.05) is 25.2 Å². The van der Waals surface area contributed by atoms with Crippen molar-refractivity contribution in [2.75, 3.05) is 6.54 Å². The van der Waals surface area contributed by atoms with E-state index in [9.17, 15) is 19.2 Å². The number of hydrogen-bond donors (Lipinski definition) is 3. The third-order valence-electron chi connectivity index (χ3n) is 3.35. The van der Waals surface area contributed by atoms with Crippen LogP contribution in [-0.2, 0) is 14.3 Å². The van der Waals surface area contributed by atoms with Crippen LogP contribution in [0.15, 0.2) is 21.9 Å². The van der Waals surface area contributed by atoms with Gasteiger partial charge in [0.2, 0.25) is 11.8 Å². The van der Waals surface area contributed by atoms with Crippen molar-refractivity contribution < 1.29 is 14.3 Å². The molecule has 1 aromatic rings. The van der Waals surface area contributed by atoms with Crippen LogP contribution in [0.2, 0.25) is 0 Å². The molecule has 120 valence electrons. The number of aromatic amines is 1. The molecule has 0 bridgehead atoms. The Labute approximate surface area is 125 Å². The summed E-state index contributed by atoms with van der Waals surface area (Å²) in [5, 5.41) is 2.66. The quantitative estimate of drug-likeness (QED) is 0.555. The molecule has 2 rings (SSSR count). The first-order valence-electron chi connectivity index (χ1n) is 7.00. The SMILES string of the molecule is NC(=O)CCCNC(=O)[C@@H]1CC[C@H](n2ccc(=O)[nH]c2=O)O1. The van der Waals surface area contributed by atoms with Gasteiger partial charge in [-0.2, -0.15) is 0 Å². The second-order valence-electron chi connectivity index (χ2n) is 5.04. The number of nitrogens with zero attached hydrogens (tertiary/aromatic N) is 1. The summed E-state index contributed by atoms with van der Waals surface area (Å²) in [6, 6.07) is 1.22. The number of hydrogen-bond acceptors (Lipinski definition) is 5. The van der Waals surface area contributed by atoms with Gasteiger partial charge in [-0.3, -0.25) is 23.9 Å². The summed E-state index contributed by atoms with van der Waals surface area (Å²) in [5.41, 5.74) is 3.95. The Hall–Kier alpha value is -2.42. The summed E-state index contributed by atoms with van der Waals surface area (Å²) in [6.07, 6.45) is 1.75. The van der Waals surface area contributed by atoms with Crippen molar-refractivity contribution in [3.05, 3.63) is 33.1 Å². The summed E-state index contributed by atoms with van der Waals surface area (Å²) >= 11 is 0. The van der Waals surface area contributed by atoms with Gasteiger partial charge in [0.1, 0.15) is 12.3 Å². The fourth-order valence-corrected chi connectivity index (χ4v) is 2.26. The molecule has 0 unspecified atom stereocenters. The number of aromatic nitrogens is 2. The smallest absolute Gasteiger partial charge is 0.330 e. The van der Waals surface area contributed by atoms with Gasteiger partial charge >= 0.3 is 5.69 Å². The molecule has 9 heteroatoms. The van der Waals surface area contributed by atoms with Crippen LogP contribution < -0.4 is 22.3 Å². The highest BCUT2D eigenvalue weighted by Crippen LogP contribution is 2.26. The molecule has 1 aromatic heterocycles. The number of nitrogens with two attached hydrogens (primary N) is 1. The lowest BCUT2D eigenvalue weighted by molar-refractivity contribution is -0.134. The van der Waals surface area contributed by atoms with Gasteiger partial charge in [-0.1, -0.05) is 0 Å². The number of carbonyl (C=O) groups is 2. The fourth-order valence-electron chi connectivity index (χ4n) is 2.26. The van der Waals surface area contributed by atoms with Crippen molar-refractivity contribution in [3.8, 4) is 0 Å². The molecule has 0 aromatic carbocycles. The maximum atomic E-state index is 11.9. The standard InChI is InChI=1S/C13H18N4O5/c14-9(18)2-1-6-15-12(20)8-3-4-11(22-8)17-7-5-10(19)16-13(17)21/h5,7-8,11H,1-4,6H2,(H2,14,18)(H,15,20)(H,16,19,21)/t8-,11+/m0/s1. The minimum Gasteiger partial charge on any atom is -0.370 e. The number of H-pyrrole nitrogens is 1. The van der Waals surface area contributed by atoms with Crippen molar-refractivity contribution in [2.45, 2.75) is 38.0 Å². The average molecular weight is 310 g/mol. The van der Waals surface area contributed by atoms with Crippen LogP contribution in [0, 0.1) is 0 Å². The van der Waals surface area contributed by atoms with E-state index in [1.807, 2.05) is 0 Å². The van der Waals surface area contributed by atoms with E-state index < -0.39 is 29.5 Å².